The van der Waals surface area contributed by atoms with Gasteiger partial charge in [-0.05, 0) is 18.6 Å². The van der Waals surface area contributed by atoms with Crippen molar-refractivity contribution in [1.29, 1.82) is 0 Å². The number of nitrogens with zero attached hydrogens (tertiary/aromatic N) is 3. The van der Waals surface area contributed by atoms with E-state index < -0.39 is 11.9 Å². The van der Waals surface area contributed by atoms with Crippen molar-refractivity contribution in [3.05, 3.63) is 28.7 Å². The quantitative estimate of drug-likeness (QED) is 0.673. The Morgan fingerprint density at radius 2 is 2.16 bits per heavy atom. The van der Waals surface area contributed by atoms with Gasteiger partial charge in [-0.2, -0.15) is 0 Å². The van der Waals surface area contributed by atoms with Crippen LogP contribution in [0.4, 0.5) is 5.69 Å². The number of imidazole rings is 1. The Morgan fingerprint density at radius 1 is 1.44 bits per heavy atom. The number of aliphatic hydroxyl groups is 1. The maximum Gasteiger partial charge on any atom is 0.329 e. The van der Waals surface area contributed by atoms with Crippen molar-refractivity contribution < 1.29 is 14.7 Å². The Balaban J connectivity index is 2.06. The molecule has 1 amide bonds. The van der Waals surface area contributed by atoms with Crippen LogP contribution in [0, 0.1) is 5.92 Å². The summed E-state index contributed by atoms with van der Waals surface area (Å²) in [5.74, 6) is -0.260. The van der Waals surface area contributed by atoms with Crippen molar-refractivity contribution in [3.8, 4) is 0 Å². The summed E-state index contributed by atoms with van der Waals surface area (Å²) in [4.78, 5) is 37.4. The number of carbonyl (C=O) groups excluding carboxylic acids is 2. The van der Waals surface area contributed by atoms with E-state index in [2.05, 4.69) is 4.90 Å². The molecule has 1 aliphatic heterocycles. The van der Waals surface area contributed by atoms with Gasteiger partial charge < -0.3 is 20.5 Å². The number of fused-ring (bicyclic) bond motifs is 1. The number of aromatic nitrogens is 2. The van der Waals surface area contributed by atoms with Crippen molar-refractivity contribution in [2.45, 2.75) is 18.9 Å². The molecule has 2 heterocycles. The number of primary amides is 1. The number of aliphatic hydroxyl groups excluding tert-OH is 1. The summed E-state index contributed by atoms with van der Waals surface area (Å²) in [5, 5.41) is 9.21. The zero-order valence-electron chi connectivity index (χ0n) is 14.1. The second-order valence-corrected chi connectivity index (χ2v) is 6.52. The molecule has 0 spiro atoms. The van der Waals surface area contributed by atoms with Crippen molar-refractivity contribution in [2.75, 3.05) is 24.6 Å². The molecule has 0 bridgehead atoms. The van der Waals surface area contributed by atoms with Crippen molar-refractivity contribution in [2.24, 2.45) is 18.7 Å². The molecule has 3 rings (SSSR count). The lowest BCUT2D eigenvalue weighted by atomic mass is 10.00. The highest BCUT2D eigenvalue weighted by molar-refractivity contribution is 5.90. The molecule has 8 nitrogen and oxygen atoms in total. The average molecular weight is 346 g/mol. The summed E-state index contributed by atoms with van der Waals surface area (Å²) in [6.07, 6.45) is 0.913. The Labute approximate surface area is 144 Å². The first-order chi connectivity index (χ1) is 12.0. The normalized spacial score (nSPS) is 16.0. The minimum atomic E-state index is -0.736. The minimum Gasteiger partial charge on any atom is -0.396 e. The van der Waals surface area contributed by atoms with Crippen LogP contribution in [0.15, 0.2) is 23.0 Å². The van der Waals surface area contributed by atoms with E-state index in [1.807, 2.05) is 12.1 Å². The number of amides is 1. The topological polar surface area (TPSA) is 111 Å². The molecule has 1 fully saturated rings. The van der Waals surface area contributed by atoms with Crippen LogP contribution in [0.5, 0.6) is 0 Å². The standard InChI is InChI=1S/C17H22N4O4/c1-19-16-13(20-7-11(8-20)9-22)3-2-4-14(16)21(17(19)25)12(10-23)5-6-15(18)24/h2-4,10-12,22H,5-9H2,1H3,(H2,18,24). The summed E-state index contributed by atoms with van der Waals surface area (Å²) < 4.78 is 2.95. The Morgan fingerprint density at radius 3 is 2.76 bits per heavy atom. The van der Waals surface area contributed by atoms with Crippen LogP contribution in [-0.4, -0.2) is 46.1 Å². The van der Waals surface area contributed by atoms with Crippen LogP contribution in [0.2, 0.25) is 0 Å². The molecule has 3 N–H and O–H groups in total. The summed E-state index contributed by atoms with van der Waals surface area (Å²) in [5.41, 5.74) is 7.17. The number of para-hydroxylation sites is 1. The zero-order valence-corrected chi connectivity index (χ0v) is 14.1. The molecule has 0 radical (unpaired) electrons. The molecule has 1 aromatic carbocycles. The highest BCUT2D eigenvalue weighted by Crippen LogP contribution is 2.32. The summed E-state index contributed by atoms with van der Waals surface area (Å²) in [6.45, 7) is 1.61. The molecule has 2 aromatic rings. The van der Waals surface area contributed by atoms with Gasteiger partial charge in [0.2, 0.25) is 5.91 Å². The number of anilines is 1. The number of carbonyl (C=O) groups is 2. The van der Waals surface area contributed by atoms with Gasteiger partial charge in [-0.25, -0.2) is 4.79 Å². The van der Waals surface area contributed by atoms with Crippen LogP contribution in [0.3, 0.4) is 0 Å². The van der Waals surface area contributed by atoms with E-state index in [0.29, 0.717) is 11.8 Å². The fourth-order valence-corrected chi connectivity index (χ4v) is 3.42. The molecule has 1 aromatic heterocycles. The predicted molar refractivity (Wildman–Crippen MR) is 93.5 cm³/mol. The number of rotatable bonds is 7. The molecule has 1 aliphatic rings. The lowest BCUT2D eigenvalue weighted by Gasteiger charge is -2.40. The number of aldehydes is 1. The SMILES string of the molecule is Cn1c(=O)n(C(C=O)CCC(N)=O)c2cccc(N3CC(CO)C3)c21. The molecule has 134 valence electrons. The van der Waals surface area contributed by atoms with E-state index in [0.717, 1.165) is 24.3 Å². The number of hydrogen-bond donors (Lipinski definition) is 2. The van der Waals surface area contributed by atoms with Gasteiger partial charge in [-0.1, -0.05) is 6.07 Å². The largest absolute Gasteiger partial charge is 0.396 e. The third-order valence-corrected chi connectivity index (χ3v) is 4.81. The van der Waals surface area contributed by atoms with Crippen molar-refractivity contribution in [3.63, 3.8) is 0 Å². The molecule has 1 unspecified atom stereocenters. The van der Waals surface area contributed by atoms with Gasteiger partial charge in [0.05, 0.1) is 22.8 Å². The van der Waals surface area contributed by atoms with Crippen LogP contribution in [-0.2, 0) is 16.6 Å². The third kappa shape index (κ3) is 2.93. The second kappa shape index (κ2) is 6.72. The first-order valence-corrected chi connectivity index (χ1v) is 8.27. The van der Waals surface area contributed by atoms with Gasteiger partial charge in [0.15, 0.2) is 0 Å². The highest BCUT2D eigenvalue weighted by Gasteiger charge is 2.29. The van der Waals surface area contributed by atoms with Gasteiger partial charge >= 0.3 is 5.69 Å². The molecule has 25 heavy (non-hydrogen) atoms. The van der Waals surface area contributed by atoms with E-state index >= 15 is 0 Å². The highest BCUT2D eigenvalue weighted by atomic mass is 16.3. The average Bonchev–Trinajstić information content (AvgIpc) is 2.80. The van der Waals surface area contributed by atoms with E-state index in [9.17, 15) is 19.5 Å². The maximum absolute atomic E-state index is 12.7. The zero-order chi connectivity index (χ0) is 18.1. The van der Waals surface area contributed by atoms with Crippen LogP contribution in [0.25, 0.3) is 11.0 Å². The summed E-state index contributed by atoms with van der Waals surface area (Å²) in [7, 11) is 1.67. The first-order valence-electron chi connectivity index (χ1n) is 8.27. The van der Waals surface area contributed by atoms with Gasteiger partial charge in [-0.15, -0.1) is 0 Å². The van der Waals surface area contributed by atoms with Crippen LogP contribution < -0.4 is 16.3 Å². The Bertz CT molecular complexity index is 863. The monoisotopic (exact) mass is 346 g/mol. The predicted octanol–water partition coefficient (Wildman–Crippen LogP) is -0.226. The van der Waals surface area contributed by atoms with Gasteiger partial charge in [0.1, 0.15) is 6.29 Å². The molecule has 0 aliphatic carbocycles. The maximum atomic E-state index is 12.7. The molecule has 8 heteroatoms. The first kappa shape index (κ1) is 17.2. The van der Waals surface area contributed by atoms with Gasteiger partial charge in [-0.3, -0.25) is 13.9 Å². The number of hydrogen-bond acceptors (Lipinski definition) is 5. The van der Waals surface area contributed by atoms with Crippen LogP contribution in [0.1, 0.15) is 18.9 Å². The molecule has 0 saturated carbocycles. The van der Waals surface area contributed by atoms with Gasteiger partial charge in [0, 0.05) is 39.1 Å². The minimum absolute atomic E-state index is 0.0379. The van der Waals surface area contributed by atoms with Gasteiger partial charge in [0.25, 0.3) is 0 Å². The summed E-state index contributed by atoms with van der Waals surface area (Å²) in [6, 6.07) is 4.83. The van der Waals surface area contributed by atoms with Crippen LogP contribution >= 0.6 is 0 Å². The number of benzene rings is 1. The Hall–Kier alpha value is -2.61. The molecule has 1 atom stereocenters. The van der Waals surface area contributed by atoms with E-state index in [1.54, 1.807) is 13.1 Å². The lowest BCUT2D eigenvalue weighted by Crippen LogP contribution is -2.48. The summed E-state index contributed by atoms with van der Waals surface area (Å²) >= 11 is 0. The lowest BCUT2D eigenvalue weighted by molar-refractivity contribution is -0.118. The molecule has 1 saturated heterocycles. The molecular formula is C17H22N4O4. The molecular weight excluding hydrogens is 324 g/mol. The number of nitrogens with two attached hydrogens (primary N) is 1. The number of aryl methyl sites for hydroxylation is 1. The van der Waals surface area contributed by atoms with E-state index in [4.69, 9.17) is 5.73 Å². The fourth-order valence-electron chi connectivity index (χ4n) is 3.42. The fraction of sp³-hybridized carbons (Fsp3) is 0.471. The van der Waals surface area contributed by atoms with E-state index in [1.165, 1.54) is 9.13 Å². The third-order valence-electron chi connectivity index (χ3n) is 4.81. The van der Waals surface area contributed by atoms with Crippen molar-refractivity contribution >= 4 is 28.9 Å². The van der Waals surface area contributed by atoms with E-state index in [-0.39, 0.29) is 31.1 Å². The Kier molecular flexibility index (Phi) is 4.63. The smallest absolute Gasteiger partial charge is 0.329 e. The van der Waals surface area contributed by atoms with Crippen molar-refractivity contribution in [1.82, 2.24) is 9.13 Å². The second-order valence-electron chi connectivity index (χ2n) is 6.52.